The number of nitrogens with zero attached hydrogens (tertiary/aromatic N) is 7. The second kappa shape index (κ2) is 14.4. The lowest BCUT2D eigenvalue weighted by molar-refractivity contribution is -0.184. The van der Waals surface area contributed by atoms with E-state index in [2.05, 4.69) is 40.5 Å². The Morgan fingerprint density at radius 2 is 1.82 bits per heavy atom. The number of aliphatic hydroxyl groups excluding tert-OH is 2. The van der Waals surface area contributed by atoms with Gasteiger partial charge in [-0.2, -0.15) is 4.98 Å². The zero-order valence-corrected chi connectivity index (χ0v) is 30.2. The zero-order valence-electron chi connectivity index (χ0n) is 29.3. The Bertz CT molecular complexity index is 2410. The second-order valence-electron chi connectivity index (χ2n) is 13.5. The van der Waals surface area contributed by atoms with Crippen molar-refractivity contribution in [3.05, 3.63) is 65.2 Å². The molecule has 22 nitrogen and oxygen atoms in total. The molecule has 1 aromatic carbocycles. The molecule has 56 heavy (non-hydrogen) atoms. The lowest BCUT2D eigenvalue weighted by Crippen LogP contribution is -2.45. The van der Waals surface area contributed by atoms with Gasteiger partial charge in [-0.05, 0) is 12.1 Å². The summed E-state index contributed by atoms with van der Waals surface area (Å²) in [4.78, 5) is 72.1. The summed E-state index contributed by atoms with van der Waals surface area (Å²) in [6.45, 7) is 1.32. The first-order chi connectivity index (χ1) is 26.8. The minimum atomic E-state index is -5.25. The van der Waals surface area contributed by atoms with Crippen molar-refractivity contribution >= 4 is 53.7 Å². The Morgan fingerprint density at radius 1 is 1.09 bits per heavy atom. The van der Waals surface area contributed by atoms with E-state index in [9.17, 15) is 34.1 Å². The third-order valence-corrected chi connectivity index (χ3v) is 10.5. The van der Waals surface area contributed by atoms with E-state index in [-0.39, 0.29) is 40.7 Å². The van der Waals surface area contributed by atoms with Crippen molar-refractivity contribution in [1.29, 1.82) is 0 Å². The van der Waals surface area contributed by atoms with Crippen molar-refractivity contribution in [3.8, 4) is 0 Å². The summed E-state index contributed by atoms with van der Waals surface area (Å²) in [5.74, 6) is -1.51. The highest BCUT2D eigenvalue weighted by Crippen LogP contribution is 2.53. The zero-order chi connectivity index (χ0) is 39.5. The fourth-order valence-electron chi connectivity index (χ4n) is 6.62. The number of nitrogens with one attached hydrogen (secondary N) is 3. The summed E-state index contributed by atoms with van der Waals surface area (Å²) in [6, 6.07) is 8.44. The van der Waals surface area contributed by atoms with Crippen LogP contribution in [0.25, 0.3) is 22.3 Å². The molecular weight excluding hydrogens is 766 g/mol. The highest BCUT2D eigenvalue weighted by Gasteiger charge is 2.63. The van der Waals surface area contributed by atoms with Crippen LogP contribution in [0.5, 0.6) is 0 Å². The molecule has 0 radical (unpaired) electrons. The van der Waals surface area contributed by atoms with Crippen molar-refractivity contribution in [3.63, 3.8) is 0 Å². The van der Waals surface area contributed by atoms with Crippen LogP contribution in [0.3, 0.4) is 0 Å². The van der Waals surface area contributed by atoms with Gasteiger partial charge in [0.1, 0.15) is 36.3 Å². The Balaban J connectivity index is 0.995. The smallest absolute Gasteiger partial charge is 0.394 e. The lowest BCUT2D eigenvalue weighted by Gasteiger charge is -2.31. The van der Waals surface area contributed by atoms with E-state index < -0.39 is 93.0 Å². The summed E-state index contributed by atoms with van der Waals surface area (Å²) in [6.07, 6.45) is -7.22. The van der Waals surface area contributed by atoms with Gasteiger partial charge in [0.2, 0.25) is 11.9 Å². The highest BCUT2D eigenvalue weighted by atomic mass is 31.2. The number of hydrogen-bond donors (Lipinski definition) is 6. The maximum Gasteiger partial charge on any atom is 0.472 e. The molecule has 3 saturated heterocycles. The molecule has 296 valence electrons. The van der Waals surface area contributed by atoms with Gasteiger partial charge >= 0.3 is 7.82 Å². The maximum absolute atomic E-state index is 15.7. The van der Waals surface area contributed by atoms with Crippen LogP contribution >= 0.6 is 7.82 Å². The van der Waals surface area contributed by atoms with Gasteiger partial charge in [0.15, 0.2) is 46.8 Å². The number of amides is 2. The number of benzene rings is 1. The first-order valence-electron chi connectivity index (χ1n) is 17.1. The van der Waals surface area contributed by atoms with Crippen LogP contribution in [0, 0.1) is 5.92 Å². The number of phosphoric acid groups is 1. The monoisotopic (exact) mass is 800 g/mol. The van der Waals surface area contributed by atoms with Crippen LogP contribution in [-0.4, -0.2) is 122 Å². The molecule has 3 fully saturated rings. The molecule has 24 heteroatoms. The topological polar surface area (TPSA) is 289 Å². The molecule has 0 spiro atoms. The summed E-state index contributed by atoms with van der Waals surface area (Å²) in [5.41, 5.74) is -2.11. The van der Waals surface area contributed by atoms with Gasteiger partial charge in [-0.3, -0.25) is 42.9 Å². The summed E-state index contributed by atoms with van der Waals surface area (Å²) in [5, 5.41) is 26.2. The van der Waals surface area contributed by atoms with Crippen LogP contribution in [0.1, 0.15) is 36.7 Å². The van der Waals surface area contributed by atoms with Crippen LogP contribution < -0.4 is 16.2 Å². The number of carbonyl (C=O) groups excluding carboxylic acids is 2. The Kier molecular flexibility index (Phi) is 9.75. The number of aromatic amines is 1. The summed E-state index contributed by atoms with van der Waals surface area (Å²) >= 11 is 0. The van der Waals surface area contributed by atoms with E-state index in [4.69, 9.17) is 23.3 Å². The fraction of sp³-hybridized carbons (Fsp3) is 0.438. The van der Waals surface area contributed by atoms with E-state index >= 15 is 4.39 Å². The number of fused-ring (bicyclic) bond motifs is 4. The van der Waals surface area contributed by atoms with E-state index in [1.165, 1.54) is 17.2 Å². The molecule has 7 heterocycles. The molecule has 4 aromatic heterocycles. The fourth-order valence-corrected chi connectivity index (χ4v) is 7.59. The second-order valence-corrected chi connectivity index (χ2v) is 15.0. The van der Waals surface area contributed by atoms with Crippen molar-refractivity contribution in [2.45, 2.75) is 62.5 Å². The highest BCUT2D eigenvalue weighted by molar-refractivity contribution is 7.47. The average Bonchev–Trinajstić information content (AvgIpc) is 3.99. The summed E-state index contributed by atoms with van der Waals surface area (Å²) < 4.78 is 59.9. The van der Waals surface area contributed by atoms with Gasteiger partial charge in [-0.1, -0.05) is 32.0 Å². The predicted molar refractivity (Wildman–Crippen MR) is 186 cm³/mol. The number of anilines is 2. The third kappa shape index (κ3) is 6.65. The standard InChI is InChI=1S/C32H34FN10O12P/c1-14(2)26(46)40-31-39-25-19(28(48)41-31)37-13-43(25)29-20(17(33)16(8-44)53-29)55-56(49,50)52-10-32-9-51-21(22(32)45)30(54-32)42-12-36-18-23(34-11-35-24(18)42)38-27(47)15-6-4-3-5-7-15/h3-7,11-14,16-17,20-22,29-30,44-45H,8-10H2,1-2H3,(H,49,50)(H,34,35,38,47)(H2,39,40,41,46,48)/t16-,17+,20-,21-,22+,29-,30-,32-/m1/s1. The molecule has 9 atom stereocenters. The number of carbonyl (C=O) groups is 2. The number of H-pyrrole nitrogens is 1. The number of ether oxygens (including phenoxy) is 3. The number of phosphoric ester groups is 1. The number of alkyl halides is 1. The quantitative estimate of drug-likeness (QED) is 0.0940. The van der Waals surface area contributed by atoms with Gasteiger partial charge in [0.05, 0.1) is 32.5 Å². The van der Waals surface area contributed by atoms with E-state index in [1.54, 1.807) is 44.2 Å². The molecule has 1 unspecified atom stereocenters. The third-order valence-electron chi connectivity index (χ3n) is 9.55. The number of imidazole rings is 2. The van der Waals surface area contributed by atoms with Gasteiger partial charge in [0, 0.05) is 11.5 Å². The lowest BCUT2D eigenvalue weighted by atomic mass is 10.0. The number of rotatable bonds is 12. The minimum absolute atomic E-state index is 0.108. The van der Waals surface area contributed by atoms with Crippen LogP contribution in [0.4, 0.5) is 16.2 Å². The van der Waals surface area contributed by atoms with Crippen molar-refractivity contribution in [1.82, 2.24) is 39.0 Å². The molecule has 3 aliphatic heterocycles. The van der Waals surface area contributed by atoms with Crippen molar-refractivity contribution in [2.24, 2.45) is 5.92 Å². The van der Waals surface area contributed by atoms with Crippen LogP contribution in [0.15, 0.2) is 54.1 Å². The van der Waals surface area contributed by atoms with Crippen molar-refractivity contribution in [2.75, 3.05) is 30.5 Å². The van der Waals surface area contributed by atoms with Crippen LogP contribution in [-0.2, 0) is 32.6 Å². The van der Waals surface area contributed by atoms with E-state index in [1.807, 2.05) is 0 Å². The molecule has 6 N–H and O–H groups in total. The van der Waals surface area contributed by atoms with E-state index in [0.717, 1.165) is 10.9 Å². The minimum Gasteiger partial charge on any atom is -0.394 e. The number of halogens is 1. The number of aromatic nitrogens is 8. The largest absolute Gasteiger partial charge is 0.472 e. The number of hydrogen-bond acceptors (Lipinski definition) is 16. The number of aliphatic hydroxyl groups is 2. The molecular formula is C32H34FN10O12P. The normalized spacial score (nSPS) is 28.3. The molecule has 0 aliphatic carbocycles. The molecule has 0 saturated carbocycles. The Hall–Kier alpha value is -5.10. The molecule has 5 aromatic rings. The van der Waals surface area contributed by atoms with Crippen LogP contribution in [0.2, 0.25) is 0 Å². The average molecular weight is 801 g/mol. The molecule has 2 amide bonds. The first kappa shape index (κ1) is 37.8. The van der Waals surface area contributed by atoms with Crippen molar-refractivity contribution < 1.29 is 56.9 Å². The Labute approximate surface area is 313 Å². The molecule has 8 rings (SSSR count). The molecule has 2 bridgehead atoms. The van der Waals surface area contributed by atoms with Gasteiger partial charge in [0.25, 0.3) is 11.5 Å². The van der Waals surface area contributed by atoms with Gasteiger partial charge in [-0.25, -0.2) is 28.9 Å². The molecule has 3 aliphatic rings. The van der Waals surface area contributed by atoms with Gasteiger partial charge < -0.3 is 34.6 Å². The van der Waals surface area contributed by atoms with E-state index in [0.29, 0.717) is 5.56 Å². The van der Waals surface area contributed by atoms with Gasteiger partial charge in [-0.15, -0.1) is 0 Å². The maximum atomic E-state index is 15.7. The predicted octanol–water partition coefficient (Wildman–Crippen LogP) is 0.564. The first-order valence-corrected chi connectivity index (χ1v) is 18.6. The Morgan fingerprint density at radius 3 is 2.55 bits per heavy atom. The SMILES string of the molecule is CC(C)C(=O)Nc1nc2c(ncn2[C@@H]2O[C@H](CO)[C@H](F)[C@H]2OP(=O)(O)OC[C@@]23CO[C@@H]([C@H](n4cnc5c(NC(=O)c6ccccc6)ncnc54)O2)[C@@H]3O)c(=O)[nH]1. The summed E-state index contributed by atoms with van der Waals surface area (Å²) in [7, 11) is -5.25.